The molecule has 2 nitrogen and oxygen atoms in total. The molecule has 0 saturated heterocycles. The van der Waals surface area contributed by atoms with Crippen LogP contribution in [-0.2, 0) is 4.84 Å². The van der Waals surface area contributed by atoms with E-state index in [9.17, 15) is 0 Å². The van der Waals surface area contributed by atoms with Gasteiger partial charge in [-0.25, -0.2) is 0 Å². The third-order valence-electron chi connectivity index (χ3n) is 2.16. The van der Waals surface area contributed by atoms with Crippen molar-refractivity contribution >= 4 is 5.71 Å². The van der Waals surface area contributed by atoms with Crippen LogP contribution in [0.4, 0.5) is 0 Å². The van der Waals surface area contributed by atoms with Crippen molar-refractivity contribution in [1.82, 2.24) is 0 Å². The lowest BCUT2D eigenvalue weighted by Gasteiger charge is -2.25. The first-order valence-corrected chi connectivity index (χ1v) is 4.72. The minimum atomic E-state index is -0.148. The first kappa shape index (κ1) is 9.56. The molecule has 0 amide bonds. The van der Waals surface area contributed by atoms with Gasteiger partial charge in [0.2, 0.25) is 0 Å². The number of oxime groups is 1. The van der Waals surface area contributed by atoms with Crippen LogP contribution in [0.15, 0.2) is 5.16 Å². The summed E-state index contributed by atoms with van der Waals surface area (Å²) in [6.45, 7) is 8.12. The topological polar surface area (TPSA) is 21.6 Å². The lowest BCUT2D eigenvalue weighted by atomic mass is 9.82. The summed E-state index contributed by atoms with van der Waals surface area (Å²) in [5, 5.41) is 4.13. The second-order valence-electron chi connectivity index (χ2n) is 4.56. The van der Waals surface area contributed by atoms with E-state index in [4.69, 9.17) is 4.84 Å². The van der Waals surface area contributed by atoms with Crippen LogP contribution < -0.4 is 0 Å². The van der Waals surface area contributed by atoms with Crippen molar-refractivity contribution in [2.45, 2.75) is 52.6 Å². The van der Waals surface area contributed by atoms with Gasteiger partial charge in [-0.1, -0.05) is 11.6 Å². The molecule has 12 heavy (non-hydrogen) atoms. The predicted molar refractivity (Wildman–Crippen MR) is 51.3 cm³/mol. The molecule has 0 N–H and O–H groups in total. The summed E-state index contributed by atoms with van der Waals surface area (Å²) in [4.78, 5) is 5.34. The van der Waals surface area contributed by atoms with E-state index < -0.39 is 0 Å². The SMILES string of the molecule is C/C(=N\OC(C)(C)C)C1CCC1. The summed E-state index contributed by atoms with van der Waals surface area (Å²) in [5.74, 6) is 0.701. The van der Waals surface area contributed by atoms with Crippen molar-refractivity contribution in [2.75, 3.05) is 0 Å². The van der Waals surface area contributed by atoms with Gasteiger partial charge >= 0.3 is 0 Å². The van der Waals surface area contributed by atoms with Gasteiger partial charge in [0.25, 0.3) is 0 Å². The molecule has 0 aromatic rings. The van der Waals surface area contributed by atoms with Crippen LogP contribution in [0.25, 0.3) is 0 Å². The van der Waals surface area contributed by atoms with Crippen LogP contribution in [0.2, 0.25) is 0 Å². The highest BCUT2D eigenvalue weighted by Gasteiger charge is 2.21. The predicted octanol–water partition coefficient (Wildman–Crippen LogP) is 2.98. The molecule has 0 spiro atoms. The number of hydrogen-bond acceptors (Lipinski definition) is 2. The molecule has 0 bridgehead atoms. The summed E-state index contributed by atoms with van der Waals surface area (Å²) in [7, 11) is 0. The van der Waals surface area contributed by atoms with E-state index in [-0.39, 0.29) is 5.60 Å². The van der Waals surface area contributed by atoms with Gasteiger partial charge in [-0.05, 0) is 40.5 Å². The van der Waals surface area contributed by atoms with E-state index in [1.54, 1.807) is 0 Å². The van der Waals surface area contributed by atoms with Crippen LogP contribution in [0.5, 0.6) is 0 Å². The first-order valence-electron chi connectivity index (χ1n) is 4.72. The second kappa shape index (κ2) is 3.46. The summed E-state index contributed by atoms with van der Waals surface area (Å²) in [5.41, 5.74) is 1.02. The maximum atomic E-state index is 5.34. The monoisotopic (exact) mass is 169 g/mol. The lowest BCUT2D eigenvalue weighted by molar-refractivity contribution is -0.000517. The summed E-state index contributed by atoms with van der Waals surface area (Å²) in [6, 6.07) is 0. The third-order valence-corrected chi connectivity index (χ3v) is 2.16. The highest BCUT2D eigenvalue weighted by molar-refractivity contribution is 5.84. The number of rotatable bonds is 2. The second-order valence-corrected chi connectivity index (χ2v) is 4.56. The van der Waals surface area contributed by atoms with Crippen molar-refractivity contribution in [2.24, 2.45) is 11.1 Å². The Morgan fingerprint density at radius 3 is 2.25 bits per heavy atom. The number of hydrogen-bond donors (Lipinski definition) is 0. The van der Waals surface area contributed by atoms with Crippen LogP contribution in [0, 0.1) is 5.92 Å². The Bertz CT molecular complexity index is 175. The van der Waals surface area contributed by atoms with Crippen molar-refractivity contribution in [1.29, 1.82) is 0 Å². The first-order chi connectivity index (χ1) is 5.49. The number of nitrogens with zero attached hydrogens (tertiary/aromatic N) is 1. The maximum Gasteiger partial charge on any atom is 0.129 e. The fourth-order valence-electron chi connectivity index (χ4n) is 1.11. The van der Waals surface area contributed by atoms with Crippen LogP contribution >= 0.6 is 0 Å². The van der Waals surface area contributed by atoms with Gasteiger partial charge in [-0.2, -0.15) is 0 Å². The summed E-state index contributed by atoms with van der Waals surface area (Å²) >= 11 is 0. The van der Waals surface area contributed by atoms with Crippen LogP contribution in [0.1, 0.15) is 47.0 Å². The average Bonchev–Trinajstić information content (AvgIpc) is 1.78. The minimum Gasteiger partial charge on any atom is -0.390 e. The molecule has 0 unspecified atom stereocenters. The van der Waals surface area contributed by atoms with Crippen molar-refractivity contribution in [3.05, 3.63) is 0 Å². The highest BCUT2D eigenvalue weighted by Crippen LogP contribution is 2.27. The molecule has 70 valence electrons. The van der Waals surface area contributed by atoms with Gasteiger partial charge in [0.1, 0.15) is 5.60 Å². The van der Waals surface area contributed by atoms with E-state index >= 15 is 0 Å². The molecule has 0 aromatic carbocycles. The fourth-order valence-corrected chi connectivity index (χ4v) is 1.11. The summed E-state index contributed by atoms with van der Waals surface area (Å²) < 4.78 is 0. The maximum absolute atomic E-state index is 5.34. The highest BCUT2D eigenvalue weighted by atomic mass is 16.6. The molecule has 0 aliphatic heterocycles. The Kier molecular flexibility index (Phi) is 2.76. The fraction of sp³-hybridized carbons (Fsp3) is 0.900. The van der Waals surface area contributed by atoms with E-state index in [2.05, 4.69) is 12.1 Å². The molecule has 1 aliphatic rings. The van der Waals surface area contributed by atoms with Gasteiger partial charge in [-0.15, -0.1) is 0 Å². The Morgan fingerprint density at radius 1 is 1.33 bits per heavy atom. The van der Waals surface area contributed by atoms with Crippen molar-refractivity contribution in [3.63, 3.8) is 0 Å². The summed E-state index contributed by atoms with van der Waals surface area (Å²) in [6.07, 6.45) is 3.94. The van der Waals surface area contributed by atoms with E-state index in [1.165, 1.54) is 19.3 Å². The molecule has 0 heterocycles. The van der Waals surface area contributed by atoms with Gasteiger partial charge in [0.05, 0.1) is 5.71 Å². The van der Waals surface area contributed by atoms with Crippen LogP contribution in [-0.4, -0.2) is 11.3 Å². The lowest BCUT2D eigenvalue weighted by Crippen LogP contribution is -2.22. The Labute approximate surface area is 75.0 Å². The molecular weight excluding hydrogens is 150 g/mol. The Hall–Kier alpha value is -0.530. The third kappa shape index (κ3) is 2.84. The molecule has 1 rings (SSSR count). The molecule has 1 saturated carbocycles. The Morgan fingerprint density at radius 2 is 1.92 bits per heavy atom. The smallest absolute Gasteiger partial charge is 0.129 e. The quantitative estimate of drug-likeness (QED) is 0.460. The zero-order valence-corrected chi connectivity index (χ0v) is 8.55. The molecular formula is C10H19NO. The normalized spacial score (nSPS) is 20.5. The Balaban J connectivity index is 2.35. The van der Waals surface area contributed by atoms with E-state index in [1.807, 2.05) is 20.8 Å². The standard InChI is InChI=1S/C10H19NO/c1-8(9-6-5-7-9)11-12-10(2,3)4/h9H,5-7H2,1-4H3/b11-8+. The molecule has 1 aliphatic carbocycles. The zero-order valence-electron chi connectivity index (χ0n) is 8.55. The van der Waals surface area contributed by atoms with Gasteiger partial charge in [0, 0.05) is 5.92 Å². The zero-order chi connectivity index (χ0) is 9.19. The molecule has 1 fully saturated rings. The average molecular weight is 169 g/mol. The largest absolute Gasteiger partial charge is 0.390 e. The van der Waals surface area contributed by atoms with Gasteiger partial charge in [0.15, 0.2) is 0 Å². The van der Waals surface area contributed by atoms with Crippen molar-refractivity contribution in [3.8, 4) is 0 Å². The van der Waals surface area contributed by atoms with Crippen LogP contribution in [0.3, 0.4) is 0 Å². The molecule has 2 heteroatoms. The van der Waals surface area contributed by atoms with Gasteiger partial charge in [-0.3, -0.25) is 0 Å². The molecule has 0 atom stereocenters. The molecule has 0 aromatic heterocycles. The van der Waals surface area contributed by atoms with E-state index in [0.29, 0.717) is 5.92 Å². The minimum absolute atomic E-state index is 0.148. The van der Waals surface area contributed by atoms with Crippen molar-refractivity contribution < 1.29 is 4.84 Å². The van der Waals surface area contributed by atoms with E-state index in [0.717, 1.165) is 5.71 Å². The van der Waals surface area contributed by atoms with Gasteiger partial charge < -0.3 is 4.84 Å². The molecule has 0 radical (unpaired) electrons.